The first-order valence-corrected chi connectivity index (χ1v) is 6.26. The largest absolute Gasteiger partial charge is 0.444 e. The Morgan fingerprint density at radius 1 is 1.56 bits per heavy atom. The number of amides is 2. The molecule has 2 unspecified atom stereocenters. The SMILES string of the molecule is CC(CNC(=O)OC(C)(C)C)NC1CNC(=O)C1. The van der Waals surface area contributed by atoms with Crippen LogP contribution in [0.25, 0.3) is 0 Å². The zero-order valence-corrected chi connectivity index (χ0v) is 11.5. The molecule has 6 heteroatoms. The summed E-state index contributed by atoms with van der Waals surface area (Å²) < 4.78 is 5.13. The van der Waals surface area contributed by atoms with Crippen LogP contribution in [0.3, 0.4) is 0 Å². The number of carbonyl (C=O) groups is 2. The lowest BCUT2D eigenvalue weighted by Gasteiger charge is -2.22. The number of hydrogen-bond donors (Lipinski definition) is 3. The fraction of sp³-hybridized carbons (Fsp3) is 0.833. The summed E-state index contributed by atoms with van der Waals surface area (Å²) in [6, 6.07) is 0.239. The highest BCUT2D eigenvalue weighted by Gasteiger charge is 2.23. The van der Waals surface area contributed by atoms with Gasteiger partial charge in [-0.2, -0.15) is 0 Å². The Labute approximate surface area is 108 Å². The molecule has 18 heavy (non-hydrogen) atoms. The highest BCUT2D eigenvalue weighted by atomic mass is 16.6. The van der Waals surface area contributed by atoms with Gasteiger partial charge in [0.15, 0.2) is 0 Å². The van der Waals surface area contributed by atoms with E-state index in [9.17, 15) is 9.59 Å². The minimum Gasteiger partial charge on any atom is -0.444 e. The summed E-state index contributed by atoms with van der Waals surface area (Å²) in [5, 5.41) is 8.73. The van der Waals surface area contributed by atoms with E-state index in [0.717, 1.165) is 0 Å². The van der Waals surface area contributed by atoms with Gasteiger partial charge in [-0.15, -0.1) is 0 Å². The monoisotopic (exact) mass is 257 g/mol. The first-order valence-electron chi connectivity index (χ1n) is 6.26. The summed E-state index contributed by atoms with van der Waals surface area (Å²) in [7, 11) is 0. The van der Waals surface area contributed by atoms with Crippen molar-refractivity contribution in [3.8, 4) is 0 Å². The van der Waals surface area contributed by atoms with Crippen LogP contribution in [0.15, 0.2) is 0 Å². The molecule has 0 aromatic rings. The molecule has 104 valence electrons. The third-order valence-electron chi connectivity index (χ3n) is 2.45. The highest BCUT2D eigenvalue weighted by molar-refractivity contribution is 5.78. The van der Waals surface area contributed by atoms with Crippen LogP contribution in [-0.4, -0.2) is 42.8 Å². The number of carbonyl (C=O) groups excluding carboxylic acids is 2. The Balaban J connectivity index is 2.18. The maximum absolute atomic E-state index is 11.4. The molecule has 1 aliphatic rings. The van der Waals surface area contributed by atoms with Crippen LogP contribution in [0.4, 0.5) is 4.79 Å². The summed E-state index contributed by atoms with van der Waals surface area (Å²) in [5.74, 6) is 0.0693. The molecule has 3 N–H and O–H groups in total. The molecular formula is C12H23N3O3. The van der Waals surface area contributed by atoms with Gasteiger partial charge in [-0.25, -0.2) is 4.79 Å². The Bertz CT molecular complexity index is 312. The minimum atomic E-state index is -0.484. The van der Waals surface area contributed by atoms with Gasteiger partial charge in [-0.3, -0.25) is 4.79 Å². The van der Waals surface area contributed by atoms with Gasteiger partial charge >= 0.3 is 6.09 Å². The summed E-state index contributed by atoms with van der Waals surface area (Å²) in [6.45, 7) is 8.55. The first-order chi connectivity index (χ1) is 8.26. The summed E-state index contributed by atoms with van der Waals surface area (Å²) >= 11 is 0. The molecule has 0 radical (unpaired) electrons. The molecule has 0 saturated carbocycles. The molecule has 0 aromatic carbocycles. The second-order valence-electron chi connectivity index (χ2n) is 5.66. The molecular weight excluding hydrogens is 234 g/mol. The van der Waals surface area contributed by atoms with E-state index in [1.54, 1.807) is 0 Å². The molecule has 0 bridgehead atoms. The quantitative estimate of drug-likeness (QED) is 0.680. The fourth-order valence-electron chi connectivity index (χ4n) is 1.73. The predicted molar refractivity (Wildman–Crippen MR) is 68.2 cm³/mol. The molecule has 1 fully saturated rings. The second kappa shape index (κ2) is 6.04. The minimum absolute atomic E-state index is 0.0693. The number of ether oxygens (including phenoxy) is 1. The van der Waals surface area contributed by atoms with Crippen LogP contribution in [0.2, 0.25) is 0 Å². The van der Waals surface area contributed by atoms with Crippen molar-refractivity contribution in [2.75, 3.05) is 13.1 Å². The number of alkyl carbamates (subject to hydrolysis) is 1. The van der Waals surface area contributed by atoms with Crippen LogP contribution >= 0.6 is 0 Å². The number of rotatable bonds is 4. The third-order valence-corrected chi connectivity index (χ3v) is 2.45. The van der Waals surface area contributed by atoms with Gasteiger partial charge in [0.25, 0.3) is 0 Å². The van der Waals surface area contributed by atoms with Crippen molar-refractivity contribution in [2.24, 2.45) is 0 Å². The van der Waals surface area contributed by atoms with Crippen molar-refractivity contribution in [1.29, 1.82) is 0 Å². The van der Waals surface area contributed by atoms with Gasteiger partial charge in [0.2, 0.25) is 5.91 Å². The van der Waals surface area contributed by atoms with E-state index in [1.165, 1.54) is 0 Å². The van der Waals surface area contributed by atoms with Gasteiger partial charge in [0.05, 0.1) is 0 Å². The Hall–Kier alpha value is -1.30. The van der Waals surface area contributed by atoms with E-state index in [2.05, 4.69) is 16.0 Å². The molecule has 0 aromatic heterocycles. The average molecular weight is 257 g/mol. The first kappa shape index (κ1) is 14.8. The Morgan fingerprint density at radius 2 is 2.22 bits per heavy atom. The summed E-state index contributed by atoms with van der Waals surface area (Å²) in [6.07, 6.45) is 0.0771. The van der Waals surface area contributed by atoms with Gasteiger partial charge < -0.3 is 20.7 Å². The van der Waals surface area contributed by atoms with Crippen LogP contribution in [0, 0.1) is 0 Å². The second-order valence-corrected chi connectivity index (χ2v) is 5.66. The van der Waals surface area contributed by atoms with Crippen LogP contribution in [-0.2, 0) is 9.53 Å². The normalized spacial score (nSPS) is 21.3. The Kier molecular flexibility index (Phi) is 4.95. The van der Waals surface area contributed by atoms with Crippen molar-refractivity contribution < 1.29 is 14.3 Å². The van der Waals surface area contributed by atoms with E-state index in [-0.39, 0.29) is 18.0 Å². The topological polar surface area (TPSA) is 79.5 Å². The number of nitrogens with one attached hydrogen (secondary N) is 3. The molecule has 1 rings (SSSR count). The standard InChI is InChI=1S/C12H23N3O3/c1-8(15-9-5-10(16)13-7-9)6-14-11(17)18-12(2,3)4/h8-9,15H,5-7H2,1-4H3,(H,13,16)(H,14,17). The smallest absolute Gasteiger partial charge is 0.407 e. The van der Waals surface area contributed by atoms with Gasteiger partial charge in [-0.05, 0) is 27.7 Å². The summed E-state index contributed by atoms with van der Waals surface area (Å²) in [4.78, 5) is 22.4. The van der Waals surface area contributed by atoms with E-state index < -0.39 is 11.7 Å². The van der Waals surface area contributed by atoms with Crippen LogP contribution in [0.1, 0.15) is 34.1 Å². The highest BCUT2D eigenvalue weighted by Crippen LogP contribution is 2.06. The average Bonchev–Trinajstić information content (AvgIpc) is 2.58. The van der Waals surface area contributed by atoms with E-state index in [1.807, 2.05) is 27.7 Å². The van der Waals surface area contributed by atoms with Crippen molar-refractivity contribution in [1.82, 2.24) is 16.0 Å². The van der Waals surface area contributed by atoms with Crippen molar-refractivity contribution >= 4 is 12.0 Å². The van der Waals surface area contributed by atoms with Gasteiger partial charge in [0, 0.05) is 31.6 Å². The number of hydrogen-bond acceptors (Lipinski definition) is 4. The fourth-order valence-corrected chi connectivity index (χ4v) is 1.73. The molecule has 1 aliphatic heterocycles. The van der Waals surface area contributed by atoms with E-state index >= 15 is 0 Å². The van der Waals surface area contributed by atoms with Crippen molar-refractivity contribution in [3.63, 3.8) is 0 Å². The lowest BCUT2D eigenvalue weighted by atomic mass is 10.2. The maximum Gasteiger partial charge on any atom is 0.407 e. The molecule has 2 amide bonds. The lowest BCUT2D eigenvalue weighted by molar-refractivity contribution is -0.119. The van der Waals surface area contributed by atoms with Gasteiger partial charge in [0.1, 0.15) is 5.60 Å². The zero-order chi connectivity index (χ0) is 13.8. The molecule has 0 aliphatic carbocycles. The van der Waals surface area contributed by atoms with E-state index in [0.29, 0.717) is 19.5 Å². The van der Waals surface area contributed by atoms with Gasteiger partial charge in [-0.1, -0.05) is 0 Å². The van der Waals surface area contributed by atoms with Crippen LogP contribution in [0.5, 0.6) is 0 Å². The van der Waals surface area contributed by atoms with E-state index in [4.69, 9.17) is 4.74 Å². The zero-order valence-electron chi connectivity index (χ0n) is 11.5. The van der Waals surface area contributed by atoms with Crippen molar-refractivity contribution in [3.05, 3.63) is 0 Å². The predicted octanol–water partition coefficient (Wildman–Crippen LogP) is 0.378. The summed E-state index contributed by atoms with van der Waals surface area (Å²) in [5.41, 5.74) is -0.484. The maximum atomic E-state index is 11.4. The molecule has 0 spiro atoms. The Morgan fingerprint density at radius 3 is 2.72 bits per heavy atom. The molecule has 2 atom stereocenters. The third kappa shape index (κ3) is 5.86. The molecule has 6 nitrogen and oxygen atoms in total. The lowest BCUT2D eigenvalue weighted by Crippen LogP contribution is -2.45. The molecule has 1 heterocycles. The molecule has 1 saturated heterocycles. The van der Waals surface area contributed by atoms with Crippen molar-refractivity contribution in [2.45, 2.75) is 51.8 Å². The van der Waals surface area contributed by atoms with Crippen LogP contribution < -0.4 is 16.0 Å².